The molecule has 0 rings (SSSR count). The minimum Gasteiger partial charge on any atom is -0.344 e. The molecule has 4 heteroatoms. The lowest BCUT2D eigenvalue weighted by atomic mass is 10.2. The van der Waals surface area contributed by atoms with Crippen LogP contribution in [0.25, 0.3) is 0 Å². The van der Waals surface area contributed by atoms with Crippen LogP contribution < -0.4 is 11.1 Å². The summed E-state index contributed by atoms with van der Waals surface area (Å²) >= 11 is 0. The third-order valence-electron chi connectivity index (χ3n) is 1.81. The van der Waals surface area contributed by atoms with E-state index in [9.17, 15) is 4.79 Å². The highest BCUT2D eigenvalue weighted by Gasteiger charge is 1.98. The summed E-state index contributed by atoms with van der Waals surface area (Å²) < 4.78 is 0. The number of carbonyl (C=O) groups excluding carboxylic acids is 1. The molecule has 0 aromatic carbocycles. The van der Waals surface area contributed by atoms with Crippen molar-refractivity contribution >= 4 is 5.91 Å². The number of amides is 1. The monoisotopic (exact) mass is 187 g/mol. The van der Waals surface area contributed by atoms with Crippen molar-refractivity contribution in [2.24, 2.45) is 5.73 Å². The molecule has 3 N–H and O–H groups in total. The molecule has 0 radical (unpaired) electrons. The van der Waals surface area contributed by atoms with E-state index in [0.717, 1.165) is 25.8 Å². The smallest absolute Gasteiger partial charge is 0.220 e. The molecule has 0 aliphatic rings. The topological polar surface area (TPSA) is 58.4 Å². The molecular weight excluding hydrogens is 166 g/mol. The summed E-state index contributed by atoms with van der Waals surface area (Å²) in [5.41, 5.74) is 5.16. The first-order valence-corrected chi connectivity index (χ1v) is 4.78. The van der Waals surface area contributed by atoms with Gasteiger partial charge in [-0.1, -0.05) is 6.42 Å². The number of unbranched alkanes of at least 4 members (excludes halogenated alkanes) is 2. The van der Waals surface area contributed by atoms with Gasteiger partial charge in [-0.25, -0.2) is 0 Å². The molecule has 0 aromatic heterocycles. The third-order valence-corrected chi connectivity index (χ3v) is 1.81. The van der Waals surface area contributed by atoms with Crippen molar-refractivity contribution in [2.75, 3.05) is 27.3 Å². The number of nitrogens with zero attached hydrogens (tertiary/aromatic N) is 1. The fraction of sp³-hybridized carbons (Fsp3) is 0.889. The van der Waals surface area contributed by atoms with Gasteiger partial charge >= 0.3 is 0 Å². The van der Waals surface area contributed by atoms with Crippen LogP contribution in [0.15, 0.2) is 0 Å². The summed E-state index contributed by atoms with van der Waals surface area (Å²) in [6, 6.07) is 0. The van der Waals surface area contributed by atoms with Crippen molar-refractivity contribution in [1.82, 2.24) is 10.2 Å². The zero-order valence-electron chi connectivity index (χ0n) is 8.68. The molecule has 0 spiro atoms. The first-order valence-electron chi connectivity index (χ1n) is 4.78. The minimum atomic E-state index is 0.0624. The lowest BCUT2D eigenvalue weighted by molar-refractivity contribution is -0.121. The molecule has 1 amide bonds. The van der Waals surface area contributed by atoms with Crippen molar-refractivity contribution < 1.29 is 4.79 Å². The maximum atomic E-state index is 10.9. The predicted molar refractivity (Wildman–Crippen MR) is 54.2 cm³/mol. The van der Waals surface area contributed by atoms with Crippen molar-refractivity contribution in [3.63, 3.8) is 0 Å². The number of hydrogen-bond donors (Lipinski definition) is 2. The van der Waals surface area contributed by atoms with E-state index in [1.54, 1.807) is 0 Å². The fourth-order valence-corrected chi connectivity index (χ4v) is 1.09. The van der Waals surface area contributed by atoms with Crippen LogP contribution in [0, 0.1) is 0 Å². The van der Waals surface area contributed by atoms with Gasteiger partial charge in [-0.3, -0.25) is 4.79 Å². The van der Waals surface area contributed by atoms with E-state index in [-0.39, 0.29) is 12.6 Å². The summed E-state index contributed by atoms with van der Waals surface area (Å²) in [6.45, 7) is 1.34. The Balaban J connectivity index is 3.11. The van der Waals surface area contributed by atoms with E-state index in [1.165, 1.54) is 0 Å². The summed E-state index contributed by atoms with van der Waals surface area (Å²) in [7, 11) is 4.11. The Kier molecular flexibility index (Phi) is 7.63. The Morgan fingerprint density at radius 1 is 1.31 bits per heavy atom. The van der Waals surface area contributed by atoms with Crippen LogP contribution in [0.1, 0.15) is 25.7 Å². The highest BCUT2D eigenvalue weighted by Crippen LogP contribution is 1.99. The summed E-state index contributed by atoms with van der Waals surface area (Å²) in [5.74, 6) is 0.0624. The van der Waals surface area contributed by atoms with Gasteiger partial charge in [0.2, 0.25) is 5.91 Å². The molecule has 0 saturated heterocycles. The van der Waals surface area contributed by atoms with Crippen LogP contribution in [0.2, 0.25) is 0 Å². The summed E-state index contributed by atoms with van der Waals surface area (Å²) in [6.07, 6.45) is 3.82. The molecular formula is C9H21N3O. The van der Waals surface area contributed by atoms with Crippen LogP contribution in [0.4, 0.5) is 0 Å². The maximum Gasteiger partial charge on any atom is 0.220 e. The Bertz CT molecular complexity index is 137. The number of nitrogens with one attached hydrogen (secondary N) is 1. The summed E-state index contributed by atoms with van der Waals surface area (Å²) in [5, 5.41) is 2.57. The normalized spacial score (nSPS) is 10.5. The third kappa shape index (κ3) is 9.30. The van der Waals surface area contributed by atoms with Crippen molar-refractivity contribution in [3.8, 4) is 0 Å². The van der Waals surface area contributed by atoms with Gasteiger partial charge < -0.3 is 16.0 Å². The molecule has 0 aromatic rings. The SMILES string of the molecule is CN(C)CCCCCC(=O)NCN. The minimum absolute atomic E-state index is 0.0624. The number of rotatable bonds is 7. The quantitative estimate of drug-likeness (QED) is 0.440. The predicted octanol–water partition coefficient (Wildman–Crippen LogP) is 0.141. The van der Waals surface area contributed by atoms with Gasteiger partial charge in [0.1, 0.15) is 0 Å². The van der Waals surface area contributed by atoms with Gasteiger partial charge in [0.15, 0.2) is 0 Å². The zero-order chi connectivity index (χ0) is 10.1. The second-order valence-electron chi connectivity index (χ2n) is 3.42. The Labute approximate surface area is 80.5 Å². The lowest BCUT2D eigenvalue weighted by Gasteiger charge is -2.08. The second kappa shape index (κ2) is 8.01. The maximum absolute atomic E-state index is 10.9. The van der Waals surface area contributed by atoms with Crippen molar-refractivity contribution in [2.45, 2.75) is 25.7 Å². The molecule has 0 heterocycles. The van der Waals surface area contributed by atoms with Crippen molar-refractivity contribution in [1.29, 1.82) is 0 Å². The van der Waals surface area contributed by atoms with Crippen LogP contribution in [-0.4, -0.2) is 38.1 Å². The van der Waals surface area contributed by atoms with E-state index in [0.29, 0.717) is 6.42 Å². The van der Waals surface area contributed by atoms with E-state index in [2.05, 4.69) is 24.3 Å². The Morgan fingerprint density at radius 3 is 2.54 bits per heavy atom. The molecule has 78 valence electrons. The molecule has 0 fully saturated rings. The van der Waals surface area contributed by atoms with Crippen LogP contribution in [0.3, 0.4) is 0 Å². The van der Waals surface area contributed by atoms with E-state index in [1.807, 2.05) is 0 Å². The first kappa shape index (κ1) is 12.4. The van der Waals surface area contributed by atoms with Crippen LogP contribution in [0.5, 0.6) is 0 Å². The zero-order valence-corrected chi connectivity index (χ0v) is 8.68. The second-order valence-corrected chi connectivity index (χ2v) is 3.42. The van der Waals surface area contributed by atoms with Gasteiger partial charge in [0.25, 0.3) is 0 Å². The lowest BCUT2D eigenvalue weighted by Crippen LogP contribution is -2.28. The molecule has 0 aliphatic carbocycles. The van der Waals surface area contributed by atoms with E-state index < -0.39 is 0 Å². The van der Waals surface area contributed by atoms with E-state index in [4.69, 9.17) is 5.73 Å². The molecule has 0 bridgehead atoms. The number of carbonyl (C=O) groups is 1. The Hall–Kier alpha value is -0.610. The van der Waals surface area contributed by atoms with E-state index >= 15 is 0 Å². The molecule has 13 heavy (non-hydrogen) atoms. The van der Waals surface area contributed by atoms with Gasteiger partial charge in [-0.2, -0.15) is 0 Å². The number of hydrogen-bond acceptors (Lipinski definition) is 3. The molecule has 0 atom stereocenters. The van der Waals surface area contributed by atoms with Gasteiger partial charge in [0.05, 0.1) is 6.67 Å². The van der Waals surface area contributed by atoms with Crippen LogP contribution in [-0.2, 0) is 4.79 Å². The average Bonchev–Trinajstić information content (AvgIpc) is 2.03. The van der Waals surface area contributed by atoms with Crippen molar-refractivity contribution in [3.05, 3.63) is 0 Å². The first-order chi connectivity index (χ1) is 6.16. The van der Waals surface area contributed by atoms with Gasteiger partial charge in [0, 0.05) is 6.42 Å². The van der Waals surface area contributed by atoms with Gasteiger partial charge in [-0.15, -0.1) is 0 Å². The average molecular weight is 187 g/mol. The number of nitrogens with two attached hydrogens (primary N) is 1. The summed E-state index contributed by atoms with van der Waals surface area (Å²) in [4.78, 5) is 13.1. The molecule has 0 saturated carbocycles. The molecule has 0 aliphatic heterocycles. The molecule has 4 nitrogen and oxygen atoms in total. The van der Waals surface area contributed by atoms with Crippen LogP contribution >= 0.6 is 0 Å². The standard InChI is InChI=1S/C9H21N3O/c1-12(2)7-5-3-4-6-9(13)11-8-10/h3-8,10H2,1-2H3,(H,11,13). The Morgan fingerprint density at radius 2 is 2.00 bits per heavy atom. The fourth-order valence-electron chi connectivity index (χ4n) is 1.09. The highest BCUT2D eigenvalue weighted by molar-refractivity contribution is 5.75. The highest BCUT2D eigenvalue weighted by atomic mass is 16.1. The molecule has 0 unspecified atom stereocenters. The van der Waals surface area contributed by atoms with Gasteiger partial charge in [-0.05, 0) is 33.5 Å². The largest absolute Gasteiger partial charge is 0.344 e.